The number of nitrogens with two attached hydrogens (primary N) is 1. The van der Waals surface area contributed by atoms with E-state index >= 15 is 0 Å². The third kappa shape index (κ3) is 2.00. The molecule has 0 aliphatic carbocycles. The van der Waals surface area contributed by atoms with Crippen molar-refractivity contribution < 1.29 is 0 Å². The number of thioether (sulfide) groups is 1. The number of hydrogen-bond donors (Lipinski definition) is 1. The Labute approximate surface area is 130 Å². The summed E-state index contributed by atoms with van der Waals surface area (Å²) in [6, 6.07) is 9.74. The number of anilines is 1. The van der Waals surface area contributed by atoms with E-state index in [1.165, 1.54) is 0 Å². The molecule has 0 spiro atoms. The van der Waals surface area contributed by atoms with Crippen LogP contribution in [0.15, 0.2) is 46.8 Å². The molecule has 3 aromatic rings. The van der Waals surface area contributed by atoms with E-state index in [0.717, 1.165) is 27.9 Å². The minimum Gasteiger partial charge on any atom is -0.383 e. The zero-order chi connectivity index (χ0) is 15.1. The summed E-state index contributed by atoms with van der Waals surface area (Å²) in [6.45, 7) is 1.98. The summed E-state index contributed by atoms with van der Waals surface area (Å²) in [5.74, 6) is 1.96. The smallest absolute Gasteiger partial charge is 0.212 e. The van der Waals surface area contributed by atoms with Gasteiger partial charge in [0.2, 0.25) is 5.16 Å². The molecule has 2 aromatic heterocycles. The molecule has 4 rings (SSSR count). The molecule has 22 heavy (non-hydrogen) atoms. The molecule has 0 saturated heterocycles. The standard InChI is InChI=1S/C14H13N7S/c1-9-8-22-14-18-17-13(21(14)19-9)11-7-16-20(12(11)15)10-5-3-2-4-6-10/h2-7H,8,15H2,1H3. The van der Waals surface area contributed by atoms with Crippen molar-refractivity contribution in [3.05, 3.63) is 36.5 Å². The summed E-state index contributed by atoms with van der Waals surface area (Å²) in [6.07, 6.45) is 1.70. The number of benzene rings is 1. The molecule has 0 saturated carbocycles. The Hall–Kier alpha value is -2.61. The van der Waals surface area contributed by atoms with Gasteiger partial charge in [-0.2, -0.15) is 14.9 Å². The Morgan fingerprint density at radius 2 is 2.00 bits per heavy atom. The molecule has 0 radical (unpaired) electrons. The lowest BCUT2D eigenvalue weighted by Gasteiger charge is -2.10. The molecular weight excluding hydrogens is 298 g/mol. The third-order valence-electron chi connectivity index (χ3n) is 3.34. The number of nitrogens with zero attached hydrogens (tertiary/aromatic N) is 6. The highest BCUT2D eigenvalue weighted by Crippen LogP contribution is 2.30. The first-order valence-corrected chi connectivity index (χ1v) is 7.74. The Morgan fingerprint density at radius 3 is 2.82 bits per heavy atom. The minimum atomic E-state index is 0.518. The molecule has 7 nitrogen and oxygen atoms in total. The molecule has 0 atom stereocenters. The van der Waals surface area contributed by atoms with E-state index in [0.29, 0.717) is 11.6 Å². The van der Waals surface area contributed by atoms with Crippen LogP contribution in [0.25, 0.3) is 17.1 Å². The van der Waals surface area contributed by atoms with Crippen LogP contribution in [-0.4, -0.2) is 36.1 Å². The van der Waals surface area contributed by atoms with Crippen molar-refractivity contribution in [3.63, 3.8) is 0 Å². The van der Waals surface area contributed by atoms with Crippen LogP contribution in [0.3, 0.4) is 0 Å². The number of hydrogen-bond acceptors (Lipinski definition) is 6. The van der Waals surface area contributed by atoms with Crippen LogP contribution >= 0.6 is 11.8 Å². The summed E-state index contributed by atoms with van der Waals surface area (Å²) < 4.78 is 3.41. The maximum atomic E-state index is 6.26. The highest BCUT2D eigenvalue weighted by Gasteiger charge is 2.22. The van der Waals surface area contributed by atoms with Gasteiger partial charge >= 0.3 is 0 Å². The van der Waals surface area contributed by atoms with Crippen LogP contribution in [0.4, 0.5) is 5.82 Å². The number of fused-ring (bicyclic) bond motifs is 1. The largest absolute Gasteiger partial charge is 0.383 e. The molecule has 3 heterocycles. The fraction of sp³-hybridized carbons (Fsp3) is 0.143. The van der Waals surface area contributed by atoms with Crippen LogP contribution < -0.4 is 5.73 Å². The minimum absolute atomic E-state index is 0.518. The van der Waals surface area contributed by atoms with E-state index in [-0.39, 0.29) is 0 Å². The molecule has 1 aromatic carbocycles. The van der Waals surface area contributed by atoms with Gasteiger partial charge in [-0.15, -0.1) is 10.2 Å². The fourth-order valence-electron chi connectivity index (χ4n) is 2.29. The lowest BCUT2D eigenvalue weighted by Crippen LogP contribution is -2.09. The van der Waals surface area contributed by atoms with Gasteiger partial charge in [0.25, 0.3) is 0 Å². The second kappa shape index (κ2) is 4.99. The van der Waals surface area contributed by atoms with Crippen molar-refractivity contribution in [3.8, 4) is 17.1 Å². The van der Waals surface area contributed by atoms with Crippen molar-refractivity contribution in [1.82, 2.24) is 24.7 Å². The number of aromatic nitrogens is 5. The third-order valence-corrected chi connectivity index (χ3v) is 4.42. The first-order valence-electron chi connectivity index (χ1n) is 6.76. The van der Waals surface area contributed by atoms with Gasteiger partial charge in [0.05, 0.1) is 17.4 Å². The number of para-hydroxylation sites is 1. The molecule has 1 aliphatic heterocycles. The Balaban J connectivity index is 1.83. The highest BCUT2D eigenvalue weighted by atomic mass is 32.2. The van der Waals surface area contributed by atoms with Gasteiger partial charge in [-0.3, -0.25) is 0 Å². The quantitative estimate of drug-likeness (QED) is 0.782. The highest BCUT2D eigenvalue weighted by molar-refractivity contribution is 7.99. The van der Waals surface area contributed by atoms with Gasteiger partial charge < -0.3 is 5.73 Å². The van der Waals surface area contributed by atoms with E-state index in [4.69, 9.17) is 5.73 Å². The fourth-order valence-corrected chi connectivity index (χ4v) is 3.03. The van der Waals surface area contributed by atoms with Crippen LogP contribution in [0.1, 0.15) is 6.92 Å². The molecule has 8 heteroatoms. The lowest BCUT2D eigenvalue weighted by molar-refractivity contribution is 0.761. The summed E-state index contributed by atoms with van der Waals surface area (Å²) in [7, 11) is 0. The Kier molecular flexibility index (Phi) is 2.97. The second-order valence-corrected chi connectivity index (χ2v) is 5.88. The maximum Gasteiger partial charge on any atom is 0.212 e. The van der Waals surface area contributed by atoms with Crippen molar-refractivity contribution >= 4 is 23.3 Å². The van der Waals surface area contributed by atoms with Gasteiger partial charge in [-0.1, -0.05) is 30.0 Å². The van der Waals surface area contributed by atoms with Crippen molar-refractivity contribution in [2.45, 2.75) is 12.1 Å². The normalized spacial score (nSPS) is 13.8. The van der Waals surface area contributed by atoms with Crippen LogP contribution in [0.2, 0.25) is 0 Å². The van der Waals surface area contributed by atoms with E-state index in [1.54, 1.807) is 27.3 Å². The molecule has 0 unspecified atom stereocenters. The number of nitrogen functional groups attached to an aromatic ring is 1. The van der Waals surface area contributed by atoms with Gasteiger partial charge in [0.15, 0.2) is 5.82 Å². The molecule has 110 valence electrons. The summed E-state index contributed by atoms with van der Waals surface area (Å²) in [5.41, 5.74) is 8.90. The van der Waals surface area contributed by atoms with Crippen molar-refractivity contribution in [2.75, 3.05) is 11.5 Å². The van der Waals surface area contributed by atoms with Crippen molar-refractivity contribution in [1.29, 1.82) is 0 Å². The summed E-state index contributed by atoms with van der Waals surface area (Å²) in [4.78, 5) is 0. The van der Waals surface area contributed by atoms with Crippen LogP contribution in [0, 0.1) is 0 Å². The topological polar surface area (TPSA) is 86.9 Å². The maximum absolute atomic E-state index is 6.26. The molecule has 0 amide bonds. The van der Waals surface area contributed by atoms with E-state index in [2.05, 4.69) is 20.4 Å². The Bertz CT molecular complexity index is 863. The van der Waals surface area contributed by atoms with Gasteiger partial charge in [-0.05, 0) is 19.1 Å². The monoisotopic (exact) mass is 311 g/mol. The first-order chi connectivity index (χ1) is 10.7. The molecule has 2 N–H and O–H groups in total. The van der Waals surface area contributed by atoms with Crippen LogP contribution in [0.5, 0.6) is 0 Å². The lowest BCUT2D eigenvalue weighted by atomic mass is 10.3. The van der Waals surface area contributed by atoms with E-state index in [9.17, 15) is 0 Å². The average Bonchev–Trinajstić information content (AvgIpc) is 3.11. The zero-order valence-electron chi connectivity index (χ0n) is 11.8. The number of rotatable bonds is 2. The second-order valence-electron chi connectivity index (χ2n) is 4.93. The molecule has 0 bridgehead atoms. The predicted octanol–water partition coefficient (Wildman–Crippen LogP) is 2.04. The average molecular weight is 311 g/mol. The van der Waals surface area contributed by atoms with E-state index < -0.39 is 0 Å². The molecule has 1 aliphatic rings. The van der Waals surface area contributed by atoms with Crippen LogP contribution in [-0.2, 0) is 0 Å². The van der Waals surface area contributed by atoms with E-state index in [1.807, 2.05) is 37.3 Å². The predicted molar refractivity (Wildman–Crippen MR) is 86.2 cm³/mol. The molecular formula is C14H13N7S. The summed E-state index contributed by atoms with van der Waals surface area (Å²) >= 11 is 1.61. The molecule has 0 fully saturated rings. The van der Waals surface area contributed by atoms with Gasteiger partial charge in [-0.25, -0.2) is 4.68 Å². The summed E-state index contributed by atoms with van der Waals surface area (Å²) in [5, 5.41) is 18.0. The SMILES string of the molecule is CC1=Nn2c(nnc2-c2cnn(-c3ccccc3)c2N)SC1. The zero-order valence-corrected chi connectivity index (χ0v) is 12.7. The van der Waals surface area contributed by atoms with Gasteiger partial charge in [0, 0.05) is 11.5 Å². The Morgan fingerprint density at radius 1 is 1.18 bits per heavy atom. The van der Waals surface area contributed by atoms with Gasteiger partial charge in [0.1, 0.15) is 5.82 Å². The van der Waals surface area contributed by atoms with Crippen molar-refractivity contribution in [2.24, 2.45) is 5.10 Å². The first kappa shape index (κ1) is 13.1.